The summed E-state index contributed by atoms with van der Waals surface area (Å²) in [6, 6.07) is 13.0. The predicted molar refractivity (Wildman–Crippen MR) is 94.3 cm³/mol. The Labute approximate surface area is 134 Å². The topological polar surface area (TPSA) is 12.9 Å². The van der Waals surface area contributed by atoms with Gasteiger partial charge in [0.2, 0.25) is 0 Å². The highest BCUT2D eigenvalue weighted by molar-refractivity contribution is 7.21. The number of aryl methyl sites for hydroxylation is 1. The van der Waals surface area contributed by atoms with Crippen LogP contribution in [0.4, 0.5) is 0 Å². The first-order chi connectivity index (χ1) is 9.95. The van der Waals surface area contributed by atoms with Crippen LogP contribution in [0.3, 0.4) is 0 Å². The Balaban J connectivity index is 1.97. The average Bonchev–Trinajstić information content (AvgIpc) is 3.07. The zero-order chi connectivity index (χ0) is 15.0. The van der Waals surface area contributed by atoms with Crippen LogP contribution >= 0.6 is 22.7 Å². The van der Waals surface area contributed by atoms with Crippen molar-refractivity contribution >= 4 is 22.7 Å². The van der Waals surface area contributed by atoms with Gasteiger partial charge in [0.15, 0.2) is 0 Å². The first kappa shape index (κ1) is 14.5. The Morgan fingerprint density at radius 1 is 1.00 bits per heavy atom. The standard InChI is InChI=1S/C18H19NS2/c1-12-16(19-17(21-12)15-6-5-11-20-15)13-7-9-14(10-8-13)18(2,3)4/h5-11H,1-4H3. The molecule has 0 aliphatic rings. The molecular formula is C18H19NS2. The molecule has 2 heterocycles. The maximum atomic E-state index is 4.84. The van der Waals surface area contributed by atoms with E-state index in [0.717, 1.165) is 10.7 Å². The van der Waals surface area contributed by atoms with Gasteiger partial charge in [-0.2, -0.15) is 0 Å². The molecule has 0 radical (unpaired) electrons. The van der Waals surface area contributed by atoms with Crippen molar-refractivity contribution in [1.82, 2.24) is 4.98 Å². The van der Waals surface area contributed by atoms with Gasteiger partial charge in [-0.1, -0.05) is 51.1 Å². The fourth-order valence-corrected chi connectivity index (χ4v) is 4.03. The maximum absolute atomic E-state index is 4.84. The van der Waals surface area contributed by atoms with E-state index in [-0.39, 0.29) is 5.41 Å². The summed E-state index contributed by atoms with van der Waals surface area (Å²) < 4.78 is 0. The zero-order valence-corrected chi connectivity index (χ0v) is 14.4. The van der Waals surface area contributed by atoms with Crippen molar-refractivity contribution in [2.45, 2.75) is 33.1 Å². The van der Waals surface area contributed by atoms with Crippen molar-refractivity contribution in [3.8, 4) is 21.1 Å². The summed E-state index contributed by atoms with van der Waals surface area (Å²) in [6.07, 6.45) is 0. The first-order valence-electron chi connectivity index (χ1n) is 7.07. The van der Waals surface area contributed by atoms with E-state index in [9.17, 15) is 0 Å². The van der Waals surface area contributed by atoms with Crippen LogP contribution in [0.15, 0.2) is 41.8 Å². The molecule has 0 N–H and O–H groups in total. The maximum Gasteiger partial charge on any atom is 0.134 e. The predicted octanol–water partition coefficient (Wildman–Crippen LogP) is 6.14. The minimum Gasteiger partial charge on any atom is -0.235 e. The monoisotopic (exact) mass is 313 g/mol. The Bertz CT molecular complexity index is 729. The molecule has 1 aromatic carbocycles. The fourth-order valence-electron chi connectivity index (χ4n) is 2.30. The Morgan fingerprint density at radius 3 is 2.29 bits per heavy atom. The van der Waals surface area contributed by atoms with Gasteiger partial charge in [0.05, 0.1) is 10.6 Å². The van der Waals surface area contributed by atoms with Gasteiger partial charge in [0, 0.05) is 10.4 Å². The molecule has 0 fully saturated rings. The van der Waals surface area contributed by atoms with E-state index in [0.29, 0.717) is 0 Å². The third-order valence-corrected chi connectivity index (χ3v) is 5.56. The first-order valence-corrected chi connectivity index (χ1v) is 8.77. The van der Waals surface area contributed by atoms with Crippen LogP contribution in [-0.4, -0.2) is 4.98 Å². The summed E-state index contributed by atoms with van der Waals surface area (Å²) in [5, 5.41) is 3.22. The lowest BCUT2D eigenvalue weighted by Gasteiger charge is -2.19. The van der Waals surface area contributed by atoms with Gasteiger partial charge in [-0.15, -0.1) is 22.7 Å². The third kappa shape index (κ3) is 2.94. The van der Waals surface area contributed by atoms with Crippen LogP contribution in [0.2, 0.25) is 0 Å². The molecule has 0 bridgehead atoms. The number of rotatable bonds is 2. The molecule has 0 aliphatic heterocycles. The van der Waals surface area contributed by atoms with Gasteiger partial charge in [0.25, 0.3) is 0 Å². The molecular weight excluding hydrogens is 294 g/mol. The molecule has 108 valence electrons. The van der Waals surface area contributed by atoms with Crippen molar-refractivity contribution in [2.75, 3.05) is 0 Å². The van der Waals surface area contributed by atoms with Crippen LogP contribution in [0.1, 0.15) is 31.2 Å². The lowest BCUT2D eigenvalue weighted by Crippen LogP contribution is -2.10. The molecule has 21 heavy (non-hydrogen) atoms. The number of benzene rings is 1. The van der Waals surface area contributed by atoms with Gasteiger partial charge < -0.3 is 0 Å². The molecule has 0 saturated carbocycles. The minimum absolute atomic E-state index is 0.192. The van der Waals surface area contributed by atoms with Crippen molar-refractivity contribution in [3.05, 3.63) is 52.2 Å². The van der Waals surface area contributed by atoms with Gasteiger partial charge in [0.1, 0.15) is 5.01 Å². The SMILES string of the molecule is Cc1sc(-c2cccs2)nc1-c1ccc(C(C)(C)C)cc1. The third-order valence-electron chi connectivity index (χ3n) is 3.55. The number of nitrogens with zero attached hydrogens (tertiary/aromatic N) is 1. The number of hydrogen-bond acceptors (Lipinski definition) is 3. The second kappa shape index (κ2) is 5.39. The summed E-state index contributed by atoms with van der Waals surface area (Å²) >= 11 is 3.52. The van der Waals surface area contributed by atoms with Gasteiger partial charge in [-0.05, 0) is 29.3 Å². The van der Waals surface area contributed by atoms with E-state index in [4.69, 9.17) is 4.98 Å². The highest BCUT2D eigenvalue weighted by Crippen LogP contribution is 2.35. The lowest BCUT2D eigenvalue weighted by atomic mass is 9.86. The van der Waals surface area contributed by atoms with Crippen molar-refractivity contribution in [3.63, 3.8) is 0 Å². The summed E-state index contributed by atoms with van der Waals surface area (Å²) in [5.74, 6) is 0. The highest BCUT2D eigenvalue weighted by atomic mass is 32.1. The van der Waals surface area contributed by atoms with E-state index in [2.05, 4.69) is 69.5 Å². The molecule has 1 nitrogen and oxygen atoms in total. The zero-order valence-electron chi connectivity index (χ0n) is 12.8. The normalized spacial score (nSPS) is 11.8. The Hall–Kier alpha value is -1.45. The lowest BCUT2D eigenvalue weighted by molar-refractivity contribution is 0.590. The van der Waals surface area contributed by atoms with Crippen LogP contribution in [-0.2, 0) is 5.41 Å². The molecule has 0 aliphatic carbocycles. The van der Waals surface area contributed by atoms with E-state index >= 15 is 0 Å². The van der Waals surface area contributed by atoms with Crippen LogP contribution < -0.4 is 0 Å². The molecule has 3 aromatic rings. The number of aromatic nitrogens is 1. The quantitative estimate of drug-likeness (QED) is 0.553. The summed E-state index contributed by atoms with van der Waals surface area (Å²) in [7, 11) is 0. The fraction of sp³-hybridized carbons (Fsp3) is 0.278. The molecule has 0 saturated heterocycles. The highest BCUT2D eigenvalue weighted by Gasteiger charge is 2.15. The van der Waals surface area contributed by atoms with Gasteiger partial charge >= 0.3 is 0 Å². The summed E-state index contributed by atoms with van der Waals surface area (Å²) in [6.45, 7) is 8.88. The van der Waals surface area contributed by atoms with Crippen molar-refractivity contribution in [2.24, 2.45) is 0 Å². The molecule has 0 amide bonds. The van der Waals surface area contributed by atoms with Crippen molar-refractivity contribution in [1.29, 1.82) is 0 Å². The Kier molecular flexibility index (Phi) is 3.72. The van der Waals surface area contributed by atoms with Crippen LogP contribution in [0.5, 0.6) is 0 Å². The Morgan fingerprint density at radius 2 is 1.71 bits per heavy atom. The second-order valence-corrected chi connectivity index (χ2v) is 8.38. The van der Waals surface area contributed by atoms with Crippen molar-refractivity contribution < 1.29 is 0 Å². The molecule has 0 spiro atoms. The van der Waals surface area contributed by atoms with E-state index in [1.807, 2.05) is 0 Å². The minimum atomic E-state index is 0.192. The summed E-state index contributed by atoms with van der Waals surface area (Å²) in [4.78, 5) is 7.37. The van der Waals surface area contributed by atoms with Crippen LogP contribution in [0, 0.1) is 6.92 Å². The molecule has 3 heteroatoms. The summed E-state index contributed by atoms with van der Waals surface area (Å²) in [5.41, 5.74) is 3.87. The number of hydrogen-bond donors (Lipinski definition) is 0. The van der Waals surface area contributed by atoms with E-state index in [1.165, 1.54) is 20.9 Å². The number of thiazole rings is 1. The van der Waals surface area contributed by atoms with Gasteiger partial charge in [-0.3, -0.25) is 0 Å². The van der Waals surface area contributed by atoms with E-state index < -0.39 is 0 Å². The van der Waals surface area contributed by atoms with Gasteiger partial charge in [-0.25, -0.2) is 4.98 Å². The molecule has 2 aromatic heterocycles. The molecule has 0 unspecified atom stereocenters. The molecule has 0 atom stereocenters. The number of thiophene rings is 1. The second-order valence-electron chi connectivity index (χ2n) is 6.23. The largest absolute Gasteiger partial charge is 0.235 e. The van der Waals surface area contributed by atoms with Crippen LogP contribution in [0.25, 0.3) is 21.1 Å². The molecule has 3 rings (SSSR count). The van der Waals surface area contributed by atoms with E-state index in [1.54, 1.807) is 22.7 Å². The smallest absolute Gasteiger partial charge is 0.134 e. The average molecular weight is 313 g/mol.